The average Bonchev–Trinajstić information content (AvgIpc) is 3.34. The highest BCUT2D eigenvalue weighted by atomic mass is 15.2. The maximum Gasteiger partial charge on any atom is 0.209 e. The predicted molar refractivity (Wildman–Crippen MR) is 169 cm³/mol. The highest BCUT2D eigenvalue weighted by Crippen LogP contribution is 2.52. The van der Waals surface area contributed by atoms with Crippen LogP contribution in [0.25, 0.3) is 10.8 Å². The summed E-state index contributed by atoms with van der Waals surface area (Å²) in [6.07, 6.45) is 14.6. The molecule has 40 heavy (non-hydrogen) atoms. The van der Waals surface area contributed by atoms with Gasteiger partial charge in [0.05, 0.1) is 11.1 Å². The Bertz CT molecular complexity index is 1680. The lowest BCUT2D eigenvalue weighted by molar-refractivity contribution is -0.401. The number of benzene rings is 4. The van der Waals surface area contributed by atoms with Gasteiger partial charge >= 0.3 is 0 Å². The van der Waals surface area contributed by atoms with Crippen LogP contribution in [0, 0.1) is 0 Å². The first-order chi connectivity index (χ1) is 19.5. The van der Waals surface area contributed by atoms with Gasteiger partial charge in [-0.25, -0.2) is 0 Å². The molecule has 7 rings (SSSR count). The Hall–Kier alpha value is -3.91. The summed E-state index contributed by atoms with van der Waals surface area (Å²) >= 11 is 0. The van der Waals surface area contributed by atoms with E-state index in [1.165, 1.54) is 82.4 Å². The molecule has 0 saturated heterocycles. The van der Waals surface area contributed by atoms with Crippen LogP contribution in [0.5, 0.6) is 0 Å². The molecule has 4 aromatic rings. The van der Waals surface area contributed by atoms with Gasteiger partial charge in [-0.2, -0.15) is 4.58 Å². The van der Waals surface area contributed by atoms with Crippen LogP contribution in [0.4, 0.5) is 11.4 Å². The minimum atomic E-state index is -0.127. The van der Waals surface area contributed by atoms with Gasteiger partial charge in [0.1, 0.15) is 7.05 Å². The predicted octanol–water partition coefficient (Wildman–Crippen LogP) is 8.86. The van der Waals surface area contributed by atoms with Crippen molar-refractivity contribution in [2.24, 2.45) is 0 Å². The highest BCUT2D eigenvalue weighted by molar-refractivity contribution is 6.04. The van der Waals surface area contributed by atoms with Crippen molar-refractivity contribution in [3.8, 4) is 0 Å². The van der Waals surface area contributed by atoms with Gasteiger partial charge in [0.25, 0.3) is 0 Å². The lowest BCUT2D eigenvalue weighted by atomic mass is 9.67. The fraction of sp³-hybridized carbons (Fsp3) is 0.289. The van der Waals surface area contributed by atoms with Crippen LogP contribution < -0.4 is 4.90 Å². The van der Waals surface area contributed by atoms with E-state index in [-0.39, 0.29) is 10.8 Å². The summed E-state index contributed by atoms with van der Waals surface area (Å²) in [6, 6.07) is 33.5. The second kappa shape index (κ2) is 9.63. The maximum absolute atomic E-state index is 2.46. The summed E-state index contributed by atoms with van der Waals surface area (Å²) in [7, 11) is 4.52. The summed E-state index contributed by atoms with van der Waals surface area (Å²) in [4.78, 5) is 2.46. The minimum absolute atomic E-state index is 0.127. The highest BCUT2D eigenvalue weighted by Gasteiger charge is 2.50. The summed E-state index contributed by atoms with van der Waals surface area (Å²) in [5, 5.41) is 2.63. The largest absolute Gasteiger partial charge is 0.347 e. The molecule has 2 nitrogen and oxygen atoms in total. The number of hydrogen-bond acceptors (Lipinski definition) is 1. The lowest BCUT2D eigenvalue weighted by Gasteiger charge is -2.31. The number of rotatable bonds is 4. The fourth-order valence-corrected chi connectivity index (χ4v) is 8.12. The molecule has 0 bridgehead atoms. The quantitative estimate of drug-likeness (QED) is 0.242. The summed E-state index contributed by atoms with van der Waals surface area (Å²) in [6.45, 7) is 2.43. The number of fused-ring (bicyclic) bond motifs is 5. The number of para-hydroxylation sites is 1. The van der Waals surface area contributed by atoms with E-state index in [1.807, 2.05) is 0 Å². The van der Waals surface area contributed by atoms with Gasteiger partial charge in [0.15, 0.2) is 5.71 Å². The molecule has 3 aliphatic rings. The molecular weight excluding hydrogens is 484 g/mol. The van der Waals surface area contributed by atoms with E-state index in [1.54, 1.807) is 0 Å². The monoisotopic (exact) mass is 523 g/mol. The number of likely N-dealkylation sites (N-methyl/N-ethyl adjacent to an activating group) is 1. The Morgan fingerprint density at radius 1 is 0.800 bits per heavy atom. The fourth-order valence-electron chi connectivity index (χ4n) is 8.12. The SMILES string of the molecule is CN1C(=CC=CC2=[N+](C)c3ccccc3C23CCCCC3)C(C)(Cc2ccccc2)c2ccc3ccccc3c21. The van der Waals surface area contributed by atoms with Gasteiger partial charge in [-0.1, -0.05) is 110 Å². The van der Waals surface area contributed by atoms with E-state index in [2.05, 4.69) is 140 Å². The molecule has 1 fully saturated rings. The van der Waals surface area contributed by atoms with Crippen LogP contribution in [0.2, 0.25) is 0 Å². The standard InChI is InChI=1S/C38H39N2/c1-37(27-28-15-6-4-7-16-28)32-24-23-29-17-8-9-18-30(29)36(32)40(3)34(37)21-14-22-35-38(25-12-5-13-26-38)31-19-10-11-20-33(31)39(35)2/h4,6-11,14-24H,5,12-13,25-27H2,1-3H3/q+1. The van der Waals surface area contributed by atoms with Gasteiger partial charge in [0.2, 0.25) is 5.69 Å². The molecule has 4 aromatic carbocycles. The molecule has 0 aromatic heterocycles. The van der Waals surface area contributed by atoms with Crippen molar-refractivity contribution < 1.29 is 4.58 Å². The van der Waals surface area contributed by atoms with Crippen molar-refractivity contribution in [2.45, 2.75) is 56.3 Å². The van der Waals surface area contributed by atoms with Crippen LogP contribution in [0.15, 0.2) is 115 Å². The Labute approximate surface area is 239 Å². The molecule has 1 aliphatic carbocycles. The Morgan fingerprint density at radius 2 is 1.52 bits per heavy atom. The number of anilines is 1. The smallest absolute Gasteiger partial charge is 0.209 e. The van der Waals surface area contributed by atoms with Gasteiger partial charge in [-0.15, -0.1) is 0 Å². The zero-order valence-electron chi connectivity index (χ0n) is 24.0. The molecular formula is C38H39N2+. The summed E-state index contributed by atoms with van der Waals surface area (Å²) < 4.78 is 2.46. The van der Waals surface area contributed by atoms with Gasteiger partial charge in [-0.05, 0) is 48.8 Å². The van der Waals surface area contributed by atoms with Crippen LogP contribution in [0.1, 0.15) is 55.7 Å². The minimum Gasteiger partial charge on any atom is -0.347 e. The Kier molecular flexibility index (Phi) is 6.04. The zero-order valence-corrected chi connectivity index (χ0v) is 24.0. The normalized spacial score (nSPS) is 22.6. The van der Waals surface area contributed by atoms with Crippen LogP contribution in [0.3, 0.4) is 0 Å². The van der Waals surface area contributed by atoms with E-state index in [4.69, 9.17) is 0 Å². The average molecular weight is 524 g/mol. The zero-order chi connectivity index (χ0) is 27.3. The summed E-state index contributed by atoms with van der Waals surface area (Å²) in [5.41, 5.74) is 9.86. The number of hydrogen-bond donors (Lipinski definition) is 0. The molecule has 1 spiro atoms. The van der Waals surface area contributed by atoms with Crippen molar-refractivity contribution in [1.82, 2.24) is 0 Å². The van der Waals surface area contributed by atoms with Crippen molar-refractivity contribution in [3.63, 3.8) is 0 Å². The third-order valence-electron chi connectivity index (χ3n) is 10.0. The van der Waals surface area contributed by atoms with E-state index >= 15 is 0 Å². The van der Waals surface area contributed by atoms with Crippen LogP contribution >= 0.6 is 0 Å². The first-order valence-corrected chi connectivity index (χ1v) is 14.9. The van der Waals surface area contributed by atoms with Crippen molar-refractivity contribution in [1.29, 1.82) is 0 Å². The topological polar surface area (TPSA) is 6.25 Å². The van der Waals surface area contributed by atoms with E-state index in [0.717, 1.165) is 6.42 Å². The van der Waals surface area contributed by atoms with Crippen LogP contribution in [-0.2, 0) is 17.3 Å². The molecule has 1 unspecified atom stereocenters. The van der Waals surface area contributed by atoms with Crippen molar-refractivity contribution >= 4 is 27.9 Å². The third kappa shape index (κ3) is 3.73. The third-order valence-corrected chi connectivity index (χ3v) is 10.0. The van der Waals surface area contributed by atoms with E-state index < -0.39 is 0 Å². The van der Waals surface area contributed by atoms with E-state index in [9.17, 15) is 0 Å². The van der Waals surface area contributed by atoms with Crippen molar-refractivity contribution in [3.05, 3.63) is 132 Å². The lowest BCUT2D eigenvalue weighted by Crippen LogP contribution is -2.36. The van der Waals surface area contributed by atoms with Crippen molar-refractivity contribution in [2.75, 3.05) is 19.0 Å². The van der Waals surface area contributed by atoms with Gasteiger partial charge < -0.3 is 4.90 Å². The molecule has 0 amide bonds. The maximum atomic E-state index is 2.46. The Morgan fingerprint density at radius 3 is 2.35 bits per heavy atom. The second-order valence-electron chi connectivity index (χ2n) is 12.3. The second-order valence-corrected chi connectivity index (χ2v) is 12.3. The molecule has 2 heteroatoms. The van der Waals surface area contributed by atoms with Gasteiger partial charge in [0, 0.05) is 41.3 Å². The summed E-state index contributed by atoms with van der Waals surface area (Å²) in [5.74, 6) is 0. The van der Waals surface area contributed by atoms with Gasteiger partial charge in [-0.3, -0.25) is 0 Å². The van der Waals surface area contributed by atoms with E-state index in [0.29, 0.717) is 0 Å². The molecule has 200 valence electrons. The number of allylic oxidation sites excluding steroid dienone is 4. The molecule has 0 N–H and O–H groups in total. The molecule has 2 aliphatic heterocycles. The first kappa shape index (κ1) is 25.1. The molecule has 0 radical (unpaired) electrons. The Balaban J connectivity index is 1.34. The van der Waals surface area contributed by atoms with Crippen LogP contribution in [-0.4, -0.2) is 24.4 Å². The molecule has 2 heterocycles. The molecule has 1 saturated carbocycles. The molecule has 1 atom stereocenters. The first-order valence-electron chi connectivity index (χ1n) is 14.9. The number of nitrogens with zero attached hydrogens (tertiary/aromatic N) is 2.